The fourth-order valence-corrected chi connectivity index (χ4v) is 1.96. The van der Waals surface area contributed by atoms with E-state index < -0.39 is 0 Å². The minimum absolute atomic E-state index is 0.911. The number of rotatable bonds is 4. The molecule has 0 aliphatic rings. The van der Waals surface area contributed by atoms with Crippen LogP contribution in [0.4, 0.5) is 0 Å². The molecule has 2 rings (SSSR count). The third kappa shape index (κ3) is 2.50. The predicted octanol–water partition coefficient (Wildman–Crippen LogP) is 1.98. The average molecular weight is 244 g/mol. The molecule has 0 fully saturated rings. The van der Waals surface area contributed by atoms with Crippen LogP contribution in [0.1, 0.15) is 13.8 Å². The number of nitrogens with zero attached hydrogens (tertiary/aromatic N) is 2. The van der Waals surface area contributed by atoms with Crippen molar-refractivity contribution in [1.29, 1.82) is 0 Å². The molecule has 0 N–H and O–H groups in total. The number of aryl methyl sites for hydroxylation is 2. The molecule has 0 aromatic carbocycles. The Morgan fingerprint density at radius 3 is 2.11 bits per heavy atom. The third-order valence-corrected chi connectivity index (χ3v) is 3.13. The summed E-state index contributed by atoms with van der Waals surface area (Å²) in [6, 6.07) is 6.35. The van der Waals surface area contributed by atoms with Gasteiger partial charge in [-0.1, -0.05) is 0 Å². The lowest BCUT2D eigenvalue weighted by atomic mass is 10.1. The second-order valence-corrected chi connectivity index (χ2v) is 4.17. The molecule has 0 spiro atoms. The lowest BCUT2D eigenvalue weighted by Gasteiger charge is -2.06. The van der Waals surface area contributed by atoms with E-state index in [1.54, 1.807) is 7.11 Å². The Hall–Kier alpha value is -1.90. The van der Waals surface area contributed by atoms with Crippen LogP contribution in [0.3, 0.4) is 0 Å². The first-order valence-electron chi connectivity index (χ1n) is 6.35. The summed E-state index contributed by atoms with van der Waals surface area (Å²) >= 11 is 0. The summed E-state index contributed by atoms with van der Waals surface area (Å²) in [5, 5.41) is 0. The molecule has 0 radical (unpaired) electrons. The summed E-state index contributed by atoms with van der Waals surface area (Å²) in [7, 11) is 1.72. The molecule has 2 aromatic rings. The second kappa shape index (κ2) is 5.63. The number of methoxy groups -OCH3 is 1. The number of hydrogen-bond acceptors (Lipinski definition) is 1. The highest BCUT2D eigenvalue weighted by Crippen LogP contribution is 2.27. The number of aromatic nitrogens is 2. The van der Waals surface area contributed by atoms with E-state index in [4.69, 9.17) is 4.74 Å². The van der Waals surface area contributed by atoms with Crippen LogP contribution < -0.4 is 13.9 Å². The summed E-state index contributed by atoms with van der Waals surface area (Å²) in [5.41, 5.74) is 2.31. The van der Waals surface area contributed by atoms with Crippen LogP contribution in [-0.4, -0.2) is 7.11 Å². The van der Waals surface area contributed by atoms with Gasteiger partial charge in [-0.3, -0.25) is 0 Å². The van der Waals surface area contributed by atoms with Crippen molar-refractivity contribution in [3.8, 4) is 16.9 Å². The topological polar surface area (TPSA) is 17.0 Å². The summed E-state index contributed by atoms with van der Waals surface area (Å²) in [6.45, 7) is 6.18. The molecule has 94 valence electrons. The number of hydrogen-bond donors (Lipinski definition) is 0. The van der Waals surface area contributed by atoms with E-state index >= 15 is 0 Å². The van der Waals surface area contributed by atoms with Gasteiger partial charge in [0, 0.05) is 23.8 Å². The Bertz CT molecular complexity index is 521. The van der Waals surface area contributed by atoms with E-state index in [0.29, 0.717) is 0 Å². The van der Waals surface area contributed by atoms with E-state index in [9.17, 15) is 0 Å². The maximum absolute atomic E-state index is 5.47. The van der Waals surface area contributed by atoms with E-state index in [0.717, 1.165) is 24.4 Å². The highest BCUT2D eigenvalue weighted by molar-refractivity contribution is 5.68. The van der Waals surface area contributed by atoms with Gasteiger partial charge in [0.25, 0.3) is 0 Å². The molecule has 2 heterocycles. The van der Waals surface area contributed by atoms with Gasteiger partial charge in [0.2, 0.25) is 6.20 Å². The molecule has 0 saturated heterocycles. The number of pyridine rings is 2. The summed E-state index contributed by atoms with van der Waals surface area (Å²) in [6.07, 6.45) is 8.31. The normalized spacial score (nSPS) is 10.4. The first-order valence-corrected chi connectivity index (χ1v) is 6.35. The molecule has 0 amide bonds. The minimum Gasteiger partial charge on any atom is -0.490 e. The number of ether oxygens (including phenoxy) is 1. The highest BCUT2D eigenvalue weighted by atomic mass is 16.5. The van der Waals surface area contributed by atoms with Crippen molar-refractivity contribution in [1.82, 2.24) is 0 Å². The van der Waals surface area contributed by atoms with Crippen molar-refractivity contribution in [2.24, 2.45) is 0 Å². The first-order chi connectivity index (χ1) is 8.78. The van der Waals surface area contributed by atoms with Gasteiger partial charge in [-0.2, -0.15) is 0 Å². The Labute approximate surface area is 108 Å². The fourth-order valence-electron chi connectivity index (χ4n) is 1.96. The van der Waals surface area contributed by atoms with Crippen LogP contribution in [0.15, 0.2) is 43.0 Å². The molecule has 0 aliphatic carbocycles. The summed E-state index contributed by atoms with van der Waals surface area (Å²) < 4.78 is 9.72. The smallest absolute Gasteiger partial charge is 0.211 e. The maximum Gasteiger partial charge on any atom is 0.211 e. The molecule has 0 unspecified atom stereocenters. The quantitative estimate of drug-likeness (QED) is 0.752. The minimum atomic E-state index is 0.911. The fraction of sp³-hybridized carbons (Fsp3) is 0.333. The van der Waals surface area contributed by atoms with Crippen molar-refractivity contribution in [3.05, 3.63) is 43.0 Å². The highest BCUT2D eigenvalue weighted by Gasteiger charge is 2.11. The Morgan fingerprint density at radius 2 is 1.56 bits per heavy atom. The van der Waals surface area contributed by atoms with Crippen molar-refractivity contribution in [2.75, 3.05) is 7.11 Å². The molecular weight excluding hydrogens is 224 g/mol. The zero-order valence-electron chi connectivity index (χ0n) is 11.3. The van der Waals surface area contributed by atoms with Crippen molar-refractivity contribution in [3.63, 3.8) is 0 Å². The van der Waals surface area contributed by atoms with Crippen molar-refractivity contribution < 1.29 is 13.9 Å². The Balaban J connectivity index is 2.42. The van der Waals surface area contributed by atoms with E-state index in [-0.39, 0.29) is 0 Å². The van der Waals surface area contributed by atoms with E-state index in [1.807, 2.05) is 6.20 Å². The van der Waals surface area contributed by atoms with Gasteiger partial charge in [-0.15, -0.1) is 0 Å². The first kappa shape index (κ1) is 12.6. The van der Waals surface area contributed by atoms with Crippen LogP contribution in [0.2, 0.25) is 0 Å². The van der Waals surface area contributed by atoms with Crippen LogP contribution in [-0.2, 0) is 13.1 Å². The molecule has 2 aromatic heterocycles. The Kier molecular flexibility index (Phi) is 3.92. The maximum atomic E-state index is 5.47. The van der Waals surface area contributed by atoms with E-state index in [1.165, 1.54) is 5.56 Å². The van der Waals surface area contributed by atoms with Crippen LogP contribution in [0, 0.1) is 0 Å². The van der Waals surface area contributed by atoms with Gasteiger partial charge in [0.1, 0.15) is 13.1 Å². The zero-order chi connectivity index (χ0) is 13.0. The van der Waals surface area contributed by atoms with Gasteiger partial charge in [0.05, 0.1) is 7.11 Å². The van der Waals surface area contributed by atoms with Gasteiger partial charge in [-0.25, -0.2) is 9.13 Å². The van der Waals surface area contributed by atoms with Gasteiger partial charge < -0.3 is 4.74 Å². The van der Waals surface area contributed by atoms with Gasteiger partial charge in [-0.05, 0) is 19.4 Å². The second-order valence-electron chi connectivity index (χ2n) is 4.17. The third-order valence-electron chi connectivity index (χ3n) is 3.13. The molecule has 18 heavy (non-hydrogen) atoms. The standard InChI is InChI=1S/C15H20N2O/c1-4-16-9-6-13(7-10-16)14-8-11-17(5-2)12-15(14)18-3/h6-12H,4-5H2,1-3H3/q+2. The SMILES string of the molecule is CC[n+]1ccc(-c2cc[n+](CC)cc2OC)cc1. The van der Waals surface area contributed by atoms with Crippen LogP contribution in [0.5, 0.6) is 5.75 Å². The summed E-state index contributed by atoms with van der Waals surface area (Å²) in [4.78, 5) is 0. The Morgan fingerprint density at radius 1 is 0.944 bits per heavy atom. The molecule has 3 nitrogen and oxygen atoms in total. The van der Waals surface area contributed by atoms with Crippen molar-refractivity contribution in [2.45, 2.75) is 26.9 Å². The molecule has 0 atom stereocenters. The molecular formula is C15H20N2O+2. The summed E-state index contributed by atoms with van der Waals surface area (Å²) in [5.74, 6) is 0.911. The van der Waals surface area contributed by atoms with Crippen molar-refractivity contribution >= 4 is 0 Å². The largest absolute Gasteiger partial charge is 0.490 e. The molecule has 0 bridgehead atoms. The van der Waals surface area contributed by atoms with Gasteiger partial charge in [0.15, 0.2) is 24.3 Å². The van der Waals surface area contributed by atoms with E-state index in [2.05, 4.69) is 59.8 Å². The molecule has 3 heteroatoms. The molecule has 0 saturated carbocycles. The predicted molar refractivity (Wildman–Crippen MR) is 70.2 cm³/mol. The lowest BCUT2D eigenvalue weighted by Crippen LogP contribution is -2.31. The lowest BCUT2D eigenvalue weighted by molar-refractivity contribution is -0.694. The monoisotopic (exact) mass is 244 g/mol. The van der Waals surface area contributed by atoms with Gasteiger partial charge >= 0.3 is 0 Å². The van der Waals surface area contributed by atoms with Crippen LogP contribution >= 0.6 is 0 Å². The molecule has 0 aliphatic heterocycles. The average Bonchev–Trinajstić information content (AvgIpc) is 2.46. The van der Waals surface area contributed by atoms with Crippen LogP contribution in [0.25, 0.3) is 11.1 Å². The zero-order valence-corrected chi connectivity index (χ0v) is 11.3.